The van der Waals surface area contributed by atoms with Gasteiger partial charge in [-0.15, -0.1) is 0 Å². The van der Waals surface area contributed by atoms with Gasteiger partial charge in [0.05, 0.1) is 12.2 Å². The molecule has 2 aromatic rings. The van der Waals surface area contributed by atoms with Gasteiger partial charge in [-0.25, -0.2) is 9.78 Å². The van der Waals surface area contributed by atoms with Crippen molar-refractivity contribution in [3.63, 3.8) is 0 Å². The zero-order chi connectivity index (χ0) is 13.8. The van der Waals surface area contributed by atoms with Crippen molar-refractivity contribution in [1.29, 1.82) is 0 Å². The molecule has 0 aliphatic carbocycles. The topological polar surface area (TPSA) is 108 Å². The summed E-state index contributed by atoms with van der Waals surface area (Å²) in [6.45, 7) is 1.80. The molecule has 1 amide bonds. The van der Waals surface area contributed by atoms with E-state index in [0.717, 1.165) is 5.56 Å². The number of H-pyrrole nitrogens is 1. The Morgan fingerprint density at radius 1 is 1.37 bits per heavy atom. The molecule has 7 nitrogen and oxygen atoms in total. The van der Waals surface area contributed by atoms with E-state index >= 15 is 0 Å². The van der Waals surface area contributed by atoms with Crippen LogP contribution in [0.5, 0.6) is 0 Å². The highest BCUT2D eigenvalue weighted by molar-refractivity contribution is 5.94. The van der Waals surface area contributed by atoms with Gasteiger partial charge in [-0.05, 0) is 19.1 Å². The van der Waals surface area contributed by atoms with Gasteiger partial charge in [-0.3, -0.25) is 9.89 Å². The van der Waals surface area contributed by atoms with Crippen LogP contribution in [0.2, 0.25) is 0 Å². The number of hydrogen-bond acceptors (Lipinski definition) is 4. The summed E-state index contributed by atoms with van der Waals surface area (Å²) in [5.41, 5.74) is 0.724. The number of carbonyl (C=O) groups is 2. The van der Waals surface area contributed by atoms with Crippen molar-refractivity contribution >= 4 is 11.9 Å². The van der Waals surface area contributed by atoms with Gasteiger partial charge in [-0.2, -0.15) is 5.10 Å². The predicted molar refractivity (Wildman–Crippen MR) is 65.7 cm³/mol. The molecule has 3 N–H and O–H groups in total. The Hall–Kier alpha value is -2.70. The van der Waals surface area contributed by atoms with E-state index in [1.165, 1.54) is 18.2 Å². The second-order valence-corrected chi connectivity index (χ2v) is 3.94. The van der Waals surface area contributed by atoms with Crippen LogP contribution in [0.25, 0.3) is 0 Å². The van der Waals surface area contributed by atoms with Gasteiger partial charge in [-0.1, -0.05) is 6.07 Å². The predicted octanol–water partition coefficient (Wildman–Crippen LogP) is 0.994. The first-order valence-corrected chi connectivity index (χ1v) is 5.58. The van der Waals surface area contributed by atoms with Crippen LogP contribution in [-0.2, 0) is 0 Å². The van der Waals surface area contributed by atoms with Gasteiger partial charge in [0.25, 0.3) is 5.91 Å². The number of carbonyl (C=O) groups excluding carboxylic acids is 1. The standard InChI is InChI=1S/C12H12N4O3/c1-7(8-5-13-14-6-8)15-11(17)9-3-2-4-10(16-9)12(18)19/h2-7H,1H3,(H,13,14)(H,15,17)(H,18,19). The van der Waals surface area contributed by atoms with E-state index in [-0.39, 0.29) is 17.4 Å². The maximum absolute atomic E-state index is 11.9. The van der Waals surface area contributed by atoms with Crippen molar-refractivity contribution in [2.45, 2.75) is 13.0 Å². The minimum absolute atomic E-state index is 0.0650. The number of nitrogens with one attached hydrogen (secondary N) is 2. The Morgan fingerprint density at radius 3 is 2.74 bits per heavy atom. The van der Waals surface area contributed by atoms with Gasteiger partial charge in [0.1, 0.15) is 11.4 Å². The Labute approximate surface area is 108 Å². The Kier molecular flexibility index (Phi) is 3.56. The molecule has 0 saturated heterocycles. The molecule has 98 valence electrons. The van der Waals surface area contributed by atoms with Crippen molar-refractivity contribution in [3.05, 3.63) is 47.5 Å². The maximum atomic E-state index is 11.9. The number of aromatic amines is 1. The van der Waals surface area contributed by atoms with Crippen LogP contribution in [0.4, 0.5) is 0 Å². The van der Waals surface area contributed by atoms with E-state index in [4.69, 9.17) is 5.11 Å². The van der Waals surface area contributed by atoms with Crippen molar-refractivity contribution in [3.8, 4) is 0 Å². The summed E-state index contributed by atoms with van der Waals surface area (Å²) in [5, 5.41) is 18.0. The van der Waals surface area contributed by atoms with E-state index in [9.17, 15) is 9.59 Å². The summed E-state index contributed by atoms with van der Waals surface area (Å²) >= 11 is 0. The molecular weight excluding hydrogens is 248 g/mol. The first-order valence-electron chi connectivity index (χ1n) is 5.58. The zero-order valence-corrected chi connectivity index (χ0v) is 10.1. The summed E-state index contributed by atoms with van der Waals surface area (Å²) in [7, 11) is 0. The number of aromatic carboxylic acids is 1. The first kappa shape index (κ1) is 12.7. The summed E-state index contributed by atoms with van der Waals surface area (Å²) in [4.78, 5) is 26.5. The highest BCUT2D eigenvalue weighted by Crippen LogP contribution is 2.10. The van der Waals surface area contributed by atoms with Crippen molar-refractivity contribution in [1.82, 2.24) is 20.5 Å². The van der Waals surface area contributed by atoms with Crippen LogP contribution >= 0.6 is 0 Å². The van der Waals surface area contributed by atoms with Crippen LogP contribution in [0, 0.1) is 0 Å². The third-order valence-corrected chi connectivity index (χ3v) is 2.57. The molecule has 2 rings (SSSR count). The monoisotopic (exact) mass is 260 g/mol. The Balaban J connectivity index is 2.12. The molecule has 1 unspecified atom stereocenters. The molecule has 7 heteroatoms. The number of pyridine rings is 1. The SMILES string of the molecule is CC(NC(=O)c1cccc(C(=O)O)n1)c1cn[nH]c1. The van der Waals surface area contributed by atoms with Crippen LogP contribution in [-0.4, -0.2) is 32.2 Å². The molecule has 0 saturated carbocycles. The average Bonchev–Trinajstić information content (AvgIpc) is 2.92. The number of carboxylic acid groups (broad SMARTS) is 1. The lowest BCUT2D eigenvalue weighted by molar-refractivity contribution is 0.0690. The fourth-order valence-corrected chi connectivity index (χ4v) is 1.53. The van der Waals surface area contributed by atoms with E-state index in [2.05, 4.69) is 20.5 Å². The zero-order valence-electron chi connectivity index (χ0n) is 10.1. The molecule has 0 fully saturated rings. The van der Waals surface area contributed by atoms with Crippen molar-refractivity contribution < 1.29 is 14.7 Å². The summed E-state index contributed by atoms with van der Waals surface area (Å²) in [5.74, 6) is -1.60. The lowest BCUT2D eigenvalue weighted by Gasteiger charge is -2.11. The normalized spacial score (nSPS) is 11.8. The molecule has 1 atom stereocenters. The molecule has 0 radical (unpaired) electrons. The molecular formula is C12H12N4O3. The Bertz CT molecular complexity index is 595. The second kappa shape index (κ2) is 5.30. The van der Waals surface area contributed by atoms with Gasteiger partial charge < -0.3 is 10.4 Å². The highest BCUT2D eigenvalue weighted by atomic mass is 16.4. The van der Waals surface area contributed by atoms with Crippen molar-refractivity contribution in [2.75, 3.05) is 0 Å². The molecule has 0 bridgehead atoms. The lowest BCUT2D eigenvalue weighted by atomic mass is 10.2. The number of amides is 1. The van der Waals surface area contributed by atoms with E-state index in [1.807, 2.05) is 0 Å². The van der Waals surface area contributed by atoms with E-state index in [1.54, 1.807) is 19.3 Å². The largest absolute Gasteiger partial charge is 0.477 e. The fourth-order valence-electron chi connectivity index (χ4n) is 1.53. The third-order valence-electron chi connectivity index (χ3n) is 2.57. The average molecular weight is 260 g/mol. The van der Waals surface area contributed by atoms with Crippen LogP contribution < -0.4 is 5.32 Å². The smallest absolute Gasteiger partial charge is 0.354 e. The molecule has 2 heterocycles. The van der Waals surface area contributed by atoms with Crippen LogP contribution in [0.1, 0.15) is 39.5 Å². The number of rotatable bonds is 4. The number of carboxylic acids is 1. The van der Waals surface area contributed by atoms with Gasteiger partial charge in [0, 0.05) is 11.8 Å². The molecule has 0 aromatic carbocycles. The van der Waals surface area contributed by atoms with Gasteiger partial charge in [0.2, 0.25) is 0 Å². The minimum Gasteiger partial charge on any atom is -0.477 e. The number of nitrogens with zero attached hydrogens (tertiary/aromatic N) is 2. The first-order chi connectivity index (χ1) is 9.08. The third kappa shape index (κ3) is 2.95. The molecule has 0 spiro atoms. The summed E-state index contributed by atoms with van der Waals surface area (Å²) in [6, 6.07) is 4.03. The number of aromatic nitrogens is 3. The summed E-state index contributed by atoms with van der Waals surface area (Å²) < 4.78 is 0. The highest BCUT2D eigenvalue weighted by Gasteiger charge is 2.14. The van der Waals surface area contributed by atoms with E-state index in [0.29, 0.717) is 0 Å². The van der Waals surface area contributed by atoms with Crippen LogP contribution in [0.3, 0.4) is 0 Å². The molecule has 0 aliphatic heterocycles. The van der Waals surface area contributed by atoms with Crippen molar-refractivity contribution in [2.24, 2.45) is 0 Å². The molecule has 2 aromatic heterocycles. The van der Waals surface area contributed by atoms with Gasteiger partial charge >= 0.3 is 5.97 Å². The van der Waals surface area contributed by atoms with E-state index < -0.39 is 11.9 Å². The summed E-state index contributed by atoms with van der Waals surface area (Å²) in [6.07, 6.45) is 3.28. The Morgan fingerprint density at radius 2 is 2.11 bits per heavy atom. The second-order valence-electron chi connectivity index (χ2n) is 3.94. The maximum Gasteiger partial charge on any atom is 0.354 e. The number of hydrogen-bond donors (Lipinski definition) is 3. The lowest BCUT2D eigenvalue weighted by Crippen LogP contribution is -2.27. The molecule has 0 aliphatic rings. The van der Waals surface area contributed by atoms with Gasteiger partial charge in [0.15, 0.2) is 0 Å². The minimum atomic E-state index is -1.17. The van der Waals surface area contributed by atoms with Crippen LogP contribution in [0.15, 0.2) is 30.6 Å². The quantitative estimate of drug-likeness (QED) is 0.759. The molecule has 19 heavy (non-hydrogen) atoms. The fraction of sp³-hybridized carbons (Fsp3) is 0.167.